The van der Waals surface area contributed by atoms with E-state index in [2.05, 4.69) is 26.6 Å². The van der Waals surface area contributed by atoms with E-state index in [1.165, 1.54) is 12.1 Å². The van der Waals surface area contributed by atoms with E-state index in [-0.39, 0.29) is 18.1 Å². The normalized spacial score (nSPS) is 10.2. The third-order valence-corrected chi connectivity index (χ3v) is 3.28. The van der Waals surface area contributed by atoms with Gasteiger partial charge >= 0.3 is 0 Å². The van der Waals surface area contributed by atoms with Gasteiger partial charge in [-0.05, 0) is 36.8 Å². The number of benzene rings is 2. The maximum Gasteiger partial charge on any atom is 0.243 e. The fraction of sp³-hybridized carbons (Fsp3) is 0.133. The van der Waals surface area contributed by atoms with Crippen LogP contribution in [0, 0.1) is 12.7 Å². The first-order valence-electron chi connectivity index (χ1n) is 6.10. The third kappa shape index (κ3) is 3.81. The number of carbonyl (C=O) groups excluding carboxylic acids is 1. The molecule has 2 N–H and O–H groups in total. The largest absolute Gasteiger partial charge is 0.376 e. The van der Waals surface area contributed by atoms with Crippen LogP contribution in [0.3, 0.4) is 0 Å². The Morgan fingerprint density at radius 2 is 1.95 bits per heavy atom. The number of hydrogen-bond donors (Lipinski definition) is 2. The minimum atomic E-state index is -0.469. The number of aryl methyl sites for hydroxylation is 1. The van der Waals surface area contributed by atoms with Crippen LogP contribution in [-0.4, -0.2) is 12.5 Å². The number of anilines is 2. The van der Waals surface area contributed by atoms with Crippen molar-refractivity contribution in [3.63, 3.8) is 0 Å². The lowest BCUT2D eigenvalue weighted by Crippen LogP contribution is -2.22. The van der Waals surface area contributed by atoms with Crippen LogP contribution in [0.1, 0.15) is 5.56 Å². The zero-order valence-corrected chi connectivity index (χ0v) is 12.5. The van der Waals surface area contributed by atoms with Gasteiger partial charge in [-0.25, -0.2) is 4.39 Å². The maximum absolute atomic E-state index is 13.6. The molecular formula is C15H14BrFN2O. The molecule has 1 amide bonds. The molecular weight excluding hydrogens is 323 g/mol. The lowest BCUT2D eigenvalue weighted by Gasteiger charge is -2.10. The van der Waals surface area contributed by atoms with Crippen LogP contribution < -0.4 is 10.6 Å². The van der Waals surface area contributed by atoms with Crippen molar-refractivity contribution in [2.24, 2.45) is 0 Å². The zero-order valence-electron chi connectivity index (χ0n) is 10.9. The van der Waals surface area contributed by atoms with Crippen molar-refractivity contribution in [1.29, 1.82) is 0 Å². The van der Waals surface area contributed by atoms with E-state index in [9.17, 15) is 9.18 Å². The molecule has 104 valence electrons. The molecule has 0 aliphatic heterocycles. The molecule has 5 heteroatoms. The van der Waals surface area contributed by atoms with Gasteiger partial charge in [-0.1, -0.05) is 34.1 Å². The molecule has 0 spiro atoms. The van der Waals surface area contributed by atoms with Crippen molar-refractivity contribution in [3.8, 4) is 0 Å². The molecule has 0 aromatic heterocycles. The summed E-state index contributed by atoms with van der Waals surface area (Å²) in [5.41, 5.74) is 2.11. The zero-order chi connectivity index (χ0) is 14.5. The Kier molecular flexibility index (Phi) is 4.74. The summed E-state index contributed by atoms with van der Waals surface area (Å²) in [6.45, 7) is 2.04. The fourth-order valence-electron chi connectivity index (χ4n) is 1.73. The Balaban J connectivity index is 1.94. The summed E-state index contributed by atoms with van der Waals surface area (Å²) in [7, 11) is 0. The van der Waals surface area contributed by atoms with Gasteiger partial charge in [-0.2, -0.15) is 0 Å². The number of para-hydroxylation sites is 1. The molecule has 3 nitrogen and oxygen atoms in total. The summed E-state index contributed by atoms with van der Waals surface area (Å²) in [5, 5.41) is 5.55. The first-order valence-corrected chi connectivity index (χ1v) is 6.90. The summed E-state index contributed by atoms with van der Waals surface area (Å²) >= 11 is 3.17. The highest BCUT2D eigenvalue weighted by Gasteiger charge is 2.07. The average molecular weight is 337 g/mol. The second-order valence-electron chi connectivity index (χ2n) is 4.34. The van der Waals surface area contributed by atoms with Gasteiger partial charge in [0.25, 0.3) is 0 Å². The van der Waals surface area contributed by atoms with Crippen LogP contribution in [-0.2, 0) is 4.79 Å². The third-order valence-electron chi connectivity index (χ3n) is 2.79. The lowest BCUT2D eigenvalue weighted by molar-refractivity contribution is -0.114. The summed E-state index contributed by atoms with van der Waals surface area (Å²) < 4.78 is 14.2. The molecule has 2 aromatic rings. The van der Waals surface area contributed by atoms with E-state index >= 15 is 0 Å². The molecule has 0 heterocycles. The molecule has 0 saturated carbocycles. The van der Waals surface area contributed by atoms with Crippen LogP contribution >= 0.6 is 15.9 Å². The van der Waals surface area contributed by atoms with Gasteiger partial charge in [0.05, 0.1) is 12.2 Å². The Bertz CT molecular complexity index is 631. The predicted molar refractivity (Wildman–Crippen MR) is 82.4 cm³/mol. The van der Waals surface area contributed by atoms with Crippen molar-refractivity contribution in [3.05, 3.63) is 58.3 Å². The van der Waals surface area contributed by atoms with Gasteiger partial charge in [0.15, 0.2) is 0 Å². The number of amides is 1. The molecule has 0 bridgehead atoms. The van der Waals surface area contributed by atoms with Gasteiger partial charge < -0.3 is 10.6 Å². The molecule has 0 atom stereocenters. The quantitative estimate of drug-likeness (QED) is 0.887. The molecule has 0 fully saturated rings. The highest BCUT2D eigenvalue weighted by atomic mass is 79.9. The van der Waals surface area contributed by atoms with E-state index in [1.807, 2.05) is 31.2 Å². The number of halogens is 2. The van der Waals surface area contributed by atoms with E-state index in [1.54, 1.807) is 6.07 Å². The molecule has 2 rings (SSSR count). The molecule has 0 aliphatic rings. The Hall–Kier alpha value is -1.88. The summed E-state index contributed by atoms with van der Waals surface area (Å²) in [5.74, 6) is -0.766. The van der Waals surface area contributed by atoms with Gasteiger partial charge in [-0.3, -0.25) is 4.79 Å². The molecule has 0 saturated heterocycles. The smallest absolute Gasteiger partial charge is 0.243 e. The fourth-order valence-corrected chi connectivity index (χ4v) is 2.07. The second-order valence-corrected chi connectivity index (χ2v) is 5.26. The van der Waals surface area contributed by atoms with Crippen LogP contribution in [0.4, 0.5) is 15.8 Å². The minimum Gasteiger partial charge on any atom is -0.376 e. The van der Waals surface area contributed by atoms with E-state index < -0.39 is 5.82 Å². The first-order chi connectivity index (χ1) is 9.56. The van der Waals surface area contributed by atoms with Crippen LogP contribution in [0.15, 0.2) is 46.9 Å². The average Bonchev–Trinajstić information content (AvgIpc) is 2.41. The van der Waals surface area contributed by atoms with Crippen molar-refractivity contribution in [2.75, 3.05) is 17.2 Å². The van der Waals surface area contributed by atoms with Crippen molar-refractivity contribution in [1.82, 2.24) is 0 Å². The first kappa shape index (κ1) is 14.5. The van der Waals surface area contributed by atoms with Gasteiger partial charge in [0, 0.05) is 10.2 Å². The van der Waals surface area contributed by atoms with E-state index in [0.29, 0.717) is 4.47 Å². The number of nitrogens with one attached hydrogen (secondary N) is 2. The maximum atomic E-state index is 13.6. The van der Waals surface area contributed by atoms with Crippen LogP contribution in [0.5, 0.6) is 0 Å². The molecule has 0 unspecified atom stereocenters. The molecule has 0 radical (unpaired) electrons. The van der Waals surface area contributed by atoms with Gasteiger partial charge in [0.1, 0.15) is 5.82 Å². The summed E-state index contributed by atoms with van der Waals surface area (Å²) in [4.78, 5) is 11.8. The van der Waals surface area contributed by atoms with Gasteiger partial charge in [0.2, 0.25) is 5.91 Å². The Morgan fingerprint density at radius 3 is 2.65 bits per heavy atom. The van der Waals surface area contributed by atoms with Crippen LogP contribution in [0.2, 0.25) is 0 Å². The lowest BCUT2D eigenvalue weighted by atomic mass is 10.2. The second kappa shape index (κ2) is 6.52. The molecule has 20 heavy (non-hydrogen) atoms. The topological polar surface area (TPSA) is 41.1 Å². The monoisotopic (exact) mass is 336 g/mol. The number of carbonyl (C=O) groups is 1. The van der Waals surface area contributed by atoms with Crippen molar-refractivity contribution in [2.45, 2.75) is 6.92 Å². The predicted octanol–water partition coefficient (Wildman–Crippen LogP) is 3.95. The SMILES string of the molecule is Cc1ccccc1NCC(=O)Nc1ccc(Br)cc1F. The van der Waals surface area contributed by atoms with E-state index in [4.69, 9.17) is 0 Å². The van der Waals surface area contributed by atoms with Crippen molar-refractivity contribution >= 4 is 33.2 Å². The Labute approximate surface area is 125 Å². The molecule has 2 aromatic carbocycles. The molecule has 0 aliphatic carbocycles. The summed E-state index contributed by atoms with van der Waals surface area (Å²) in [6.07, 6.45) is 0. The minimum absolute atomic E-state index is 0.0837. The van der Waals surface area contributed by atoms with Crippen LogP contribution in [0.25, 0.3) is 0 Å². The Morgan fingerprint density at radius 1 is 1.20 bits per heavy atom. The van der Waals surface area contributed by atoms with E-state index in [0.717, 1.165) is 11.3 Å². The highest BCUT2D eigenvalue weighted by Crippen LogP contribution is 2.19. The van der Waals surface area contributed by atoms with Crippen molar-refractivity contribution < 1.29 is 9.18 Å². The number of rotatable bonds is 4. The van der Waals surface area contributed by atoms with Gasteiger partial charge in [-0.15, -0.1) is 0 Å². The highest BCUT2D eigenvalue weighted by molar-refractivity contribution is 9.10. The number of hydrogen-bond acceptors (Lipinski definition) is 2. The standard InChI is InChI=1S/C15H14BrFN2O/c1-10-4-2-3-5-13(10)18-9-15(20)19-14-7-6-11(16)8-12(14)17/h2-8,18H,9H2,1H3,(H,19,20). The summed E-state index contributed by atoms with van der Waals surface area (Å²) in [6, 6.07) is 12.2.